The van der Waals surface area contributed by atoms with Crippen molar-refractivity contribution >= 4 is 16.7 Å². The molecule has 0 amide bonds. The first kappa shape index (κ1) is 23.0. The maximum atomic E-state index is 13.5. The van der Waals surface area contributed by atoms with Crippen LogP contribution in [0.5, 0.6) is 0 Å². The average Bonchev–Trinajstić information content (AvgIpc) is 3.26. The second kappa shape index (κ2) is 8.72. The Morgan fingerprint density at radius 2 is 1.68 bits per heavy atom. The van der Waals surface area contributed by atoms with Gasteiger partial charge in [0.1, 0.15) is 11.6 Å². The molecule has 2 aliphatic rings. The van der Waals surface area contributed by atoms with Crippen molar-refractivity contribution in [3.63, 3.8) is 0 Å². The first-order valence-corrected chi connectivity index (χ1v) is 12.8. The molecule has 1 spiro atoms. The van der Waals surface area contributed by atoms with E-state index in [1.807, 2.05) is 24.4 Å². The van der Waals surface area contributed by atoms with Gasteiger partial charge >= 0.3 is 0 Å². The van der Waals surface area contributed by atoms with E-state index in [0.29, 0.717) is 22.6 Å². The van der Waals surface area contributed by atoms with Gasteiger partial charge in [-0.15, -0.1) is 0 Å². The molecule has 0 unspecified atom stereocenters. The van der Waals surface area contributed by atoms with Crippen LogP contribution in [-0.2, 0) is 6.54 Å². The van der Waals surface area contributed by atoms with Crippen LogP contribution in [0.2, 0.25) is 0 Å². The Balaban J connectivity index is 1.26. The maximum absolute atomic E-state index is 13.5. The number of hydrogen-bond donors (Lipinski definition) is 1. The molecule has 0 aliphatic carbocycles. The van der Waals surface area contributed by atoms with Gasteiger partial charge in [0.05, 0.1) is 28.8 Å². The highest BCUT2D eigenvalue weighted by Gasteiger charge is 2.49. The van der Waals surface area contributed by atoms with Gasteiger partial charge in [0.15, 0.2) is 0 Å². The summed E-state index contributed by atoms with van der Waals surface area (Å²) >= 11 is 0. The van der Waals surface area contributed by atoms with E-state index in [2.05, 4.69) is 66.7 Å². The molecule has 6 heterocycles. The number of halogens is 1. The third kappa shape index (κ3) is 3.93. The van der Waals surface area contributed by atoms with Crippen LogP contribution < -0.4 is 5.73 Å². The predicted molar refractivity (Wildman–Crippen MR) is 147 cm³/mol. The molecular weight excluding hydrogens is 477 g/mol. The zero-order chi connectivity index (χ0) is 25.9. The Hall–Kier alpha value is -4.14. The smallest absolute Gasteiger partial charge is 0.141 e. The maximum Gasteiger partial charge on any atom is 0.141 e. The lowest BCUT2D eigenvalue weighted by Gasteiger charge is -2.59. The zero-order valence-electron chi connectivity index (χ0n) is 21.2. The Kier molecular flexibility index (Phi) is 5.28. The first-order valence-electron chi connectivity index (χ1n) is 12.8. The summed E-state index contributed by atoms with van der Waals surface area (Å²) in [6, 6.07) is 19.7. The van der Waals surface area contributed by atoms with Gasteiger partial charge in [-0.2, -0.15) is 0 Å². The van der Waals surface area contributed by atoms with E-state index >= 15 is 0 Å². The Morgan fingerprint density at radius 3 is 2.39 bits per heavy atom. The molecule has 7 nitrogen and oxygen atoms in total. The van der Waals surface area contributed by atoms with Crippen LogP contribution >= 0.6 is 0 Å². The highest BCUT2D eigenvalue weighted by molar-refractivity contribution is 5.92. The number of nitrogens with zero attached hydrogens (tertiary/aromatic N) is 6. The van der Waals surface area contributed by atoms with Gasteiger partial charge in [-0.05, 0) is 61.1 Å². The normalized spacial score (nSPS) is 17.0. The van der Waals surface area contributed by atoms with Crippen molar-refractivity contribution in [1.29, 1.82) is 0 Å². The molecule has 0 radical (unpaired) electrons. The van der Waals surface area contributed by atoms with Crippen molar-refractivity contribution in [2.75, 3.05) is 39.0 Å². The molecule has 2 N–H and O–H groups in total. The van der Waals surface area contributed by atoms with Gasteiger partial charge in [-0.25, -0.2) is 9.37 Å². The third-order valence-corrected chi connectivity index (χ3v) is 7.72. The molecule has 7 rings (SSSR count). The molecule has 1 aromatic carbocycles. The average molecular weight is 506 g/mol. The lowest BCUT2D eigenvalue weighted by atomic mass is 9.73. The second-order valence-corrected chi connectivity index (χ2v) is 10.8. The van der Waals surface area contributed by atoms with Crippen LogP contribution in [0.15, 0.2) is 79.3 Å². The Labute approximate surface area is 220 Å². The van der Waals surface area contributed by atoms with Crippen molar-refractivity contribution in [1.82, 2.24) is 29.3 Å². The molecule has 2 saturated heterocycles. The number of nitrogens with two attached hydrogens (primary N) is 1. The standard InChI is InChI=1S/C30H28FN7/c1-36-16-30(17-36)18-37(19-30)15-20-4-7-23(8-5-20)38-27-12-26(25-9-6-22(31)14-35-25)34-13-21(27)11-28(38)24-3-2-10-33-29(24)32/h2-14H,15-19H2,1H3,(H2,32,33). The number of benzene rings is 1. The molecule has 0 saturated carbocycles. The van der Waals surface area contributed by atoms with E-state index in [0.717, 1.165) is 34.4 Å². The summed E-state index contributed by atoms with van der Waals surface area (Å²) in [6.07, 6.45) is 4.74. The van der Waals surface area contributed by atoms with Gasteiger partial charge in [0.25, 0.3) is 0 Å². The van der Waals surface area contributed by atoms with Crippen LogP contribution in [0, 0.1) is 11.2 Å². The summed E-state index contributed by atoms with van der Waals surface area (Å²) in [5, 5.41) is 0.967. The topological polar surface area (TPSA) is 76.1 Å². The SMILES string of the molecule is CN1CC2(C1)CN(Cc1ccc(-n3c(-c4cccnc4N)cc4cnc(-c5ccc(F)cn5)cc43)cc1)C2. The van der Waals surface area contributed by atoms with Crippen molar-refractivity contribution < 1.29 is 4.39 Å². The summed E-state index contributed by atoms with van der Waals surface area (Å²) in [5.74, 6) is 0.0935. The van der Waals surface area contributed by atoms with Crippen molar-refractivity contribution in [2.45, 2.75) is 6.54 Å². The molecule has 0 atom stereocenters. The number of likely N-dealkylation sites (tertiary alicyclic amines) is 2. The summed E-state index contributed by atoms with van der Waals surface area (Å²) in [4.78, 5) is 18.1. The molecule has 5 aromatic rings. The van der Waals surface area contributed by atoms with Crippen molar-refractivity contribution in [3.8, 4) is 28.3 Å². The molecule has 2 aliphatic heterocycles. The molecule has 190 valence electrons. The molecule has 38 heavy (non-hydrogen) atoms. The van der Waals surface area contributed by atoms with E-state index in [4.69, 9.17) is 5.73 Å². The highest BCUT2D eigenvalue weighted by atomic mass is 19.1. The summed E-state index contributed by atoms with van der Waals surface area (Å²) in [5.41, 5.74) is 13.2. The number of aromatic nitrogens is 4. The van der Waals surface area contributed by atoms with E-state index in [-0.39, 0.29) is 5.82 Å². The monoisotopic (exact) mass is 505 g/mol. The molecule has 8 heteroatoms. The van der Waals surface area contributed by atoms with Crippen LogP contribution in [0.3, 0.4) is 0 Å². The van der Waals surface area contributed by atoms with E-state index in [1.54, 1.807) is 12.3 Å². The van der Waals surface area contributed by atoms with E-state index in [1.165, 1.54) is 44.0 Å². The minimum Gasteiger partial charge on any atom is -0.383 e. The lowest BCUT2D eigenvalue weighted by molar-refractivity contribution is -0.107. The summed E-state index contributed by atoms with van der Waals surface area (Å²) in [7, 11) is 2.19. The predicted octanol–water partition coefficient (Wildman–Crippen LogP) is 4.62. The van der Waals surface area contributed by atoms with Crippen molar-refractivity contribution in [2.24, 2.45) is 5.41 Å². The Bertz CT molecular complexity index is 1630. The lowest BCUT2D eigenvalue weighted by Crippen LogP contribution is -2.70. The fourth-order valence-corrected chi connectivity index (χ4v) is 6.20. The number of nitrogen functional groups attached to an aromatic ring is 1. The van der Waals surface area contributed by atoms with Gasteiger partial charge in [0, 0.05) is 67.2 Å². The molecule has 2 fully saturated rings. The van der Waals surface area contributed by atoms with Crippen LogP contribution in [-0.4, -0.2) is 62.5 Å². The van der Waals surface area contributed by atoms with Crippen LogP contribution in [0.1, 0.15) is 5.56 Å². The minimum atomic E-state index is -0.374. The molecule has 0 bridgehead atoms. The van der Waals surface area contributed by atoms with E-state index in [9.17, 15) is 4.39 Å². The van der Waals surface area contributed by atoms with Gasteiger partial charge < -0.3 is 15.2 Å². The molecule has 4 aromatic heterocycles. The van der Waals surface area contributed by atoms with Crippen molar-refractivity contribution in [3.05, 3.63) is 90.6 Å². The number of pyridine rings is 3. The van der Waals surface area contributed by atoms with E-state index < -0.39 is 0 Å². The zero-order valence-corrected chi connectivity index (χ0v) is 21.2. The van der Waals surface area contributed by atoms with Gasteiger partial charge in [-0.1, -0.05) is 12.1 Å². The quantitative estimate of drug-likeness (QED) is 0.376. The number of hydrogen-bond acceptors (Lipinski definition) is 6. The summed E-state index contributed by atoms with van der Waals surface area (Å²) in [6.45, 7) is 5.75. The fraction of sp³-hybridized carbons (Fsp3) is 0.233. The number of rotatable bonds is 5. The Morgan fingerprint density at radius 1 is 0.895 bits per heavy atom. The highest BCUT2D eigenvalue weighted by Crippen LogP contribution is 2.39. The third-order valence-electron chi connectivity index (χ3n) is 7.72. The minimum absolute atomic E-state index is 0.374. The largest absolute Gasteiger partial charge is 0.383 e. The number of anilines is 1. The van der Waals surface area contributed by atoms with Crippen LogP contribution in [0.25, 0.3) is 39.2 Å². The van der Waals surface area contributed by atoms with Gasteiger partial charge in [-0.3, -0.25) is 14.9 Å². The second-order valence-electron chi connectivity index (χ2n) is 10.8. The van der Waals surface area contributed by atoms with Gasteiger partial charge in [0.2, 0.25) is 0 Å². The first-order chi connectivity index (χ1) is 18.5. The fourth-order valence-electron chi connectivity index (χ4n) is 6.20. The van der Waals surface area contributed by atoms with Crippen LogP contribution in [0.4, 0.5) is 10.2 Å². The molecular formula is C30H28FN7. The number of fused-ring (bicyclic) bond motifs is 1. The summed E-state index contributed by atoms with van der Waals surface area (Å²) < 4.78 is 15.7.